The number of thiazole rings is 1. The Morgan fingerprint density at radius 3 is 2.39 bits per heavy atom. The molecule has 3 rings (SSSR count). The number of hydrogen-bond acceptors (Lipinski definition) is 10. The maximum Gasteiger partial charge on any atom is 0.490 e. The Morgan fingerprint density at radius 2 is 1.97 bits per heavy atom. The number of oxime groups is 1. The molecular formula is C16H14F3N5O7S2. The number of amides is 2. The number of anilines is 1. The number of allylic oxidation sites excluding steroid dienone is 1. The second-order valence-electron chi connectivity index (χ2n) is 6.07. The number of nitrogens with two attached hydrogens (primary N) is 1. The van der Waals surface area contributed by atoms with Crippen molar-refractivity contribution in [2.45, 2.75) is 17.6 Å². The maximum atomic E-state index is 12.4. The molecule has 1 saturated heterocycles. The van der Waals surface area contributed by atoms with Crippen LogP contribution in [0.15, 0.2) is 34.5 Å². The summed E-state index contributed by atoms with van der Waals surface area (Å²) in [5.41, 5.74) is 5.49. The summed E-state index contributed by atoms with van der Waals surface area (Å²) in [4.78, 5) is 50.1. The number of halogens is 3. The van der Waals surface area contributed by atoms with Gasteiger partial charge in [0, 0.05) is 11.1 Å². The fraction of sp³-hybridized carbons (Fsp3) is 0.250. The quantitative estimate of drug-likeness (QED) is 0.161. The third-order valence-corrected chi connectivity index (χ3v) is 6.03. The van der Waals surface area contributed by atoms with Gasteiger partial charge in [0.15, 0.2) is 10.8 Å². The molecule has 1 aromatic heterocycles. The normalized spacial score (nSPS) is 20.2. The predicted molar refractivity (Wildman–Crippen MR) is 108 cm³/mol. The van der Waals surface area contributed by atoms with E-state index in [1.165, 1.54) is 23.2 Å². The molecule has 2 aliphatic heterocycles. The minimum atomic E-state index is -5.08. The van der Waals surface area contributed by atoms with E-state index in [9.17, 15) is 32.7 Å². The van der Waals surface area contributed by atoms with E-state index in [0.717, 1.165) is 16.2 Å². The number of carboxylic acid groups (broad SMARTS) is 2. The van der Waals surface area contributed by atoms with Gasteiger partial charge in [-0.1, -0.05) is 17.8 Å². The monoisotopic (exact) mass is 509 g/mol. The van der Waals surface area contributed by atoms with Crippen molar-refractivity contribution < 1.29 is 47.8 Å². The number of nitrogens with one attached hydrogen (secondary N) is 1. The Morgan fingerprint density at radius 1 is 1.36 bits per heavy atom. The highest BCUT2D eigenvalue weighted by atomic mass is 32.2. The molecule has 2 atom stereocenters. The lowest BCUT2D eigenvalue weighted by molar-refractivity contribution is -0.192. The minimum absolute atomic E-state index is 0.0764. The largest absolute Gasteiger partial charge is 0.490 e. The number of alkyl halides is 3. The molecule has 0 saturated carbocycles. The van der Waals surface area contributed by atoms with Crippen LogP contribution < -0.4 is 11.1 Å². The summed E-state index contributed by atoms with van der Waals surface area (Å²) in [5, 5.41) is 32.0. The molecule has 1 aromatic rings. The van der Waals surface area contributed by atoms with Crippen LogP contribution in [0.5, 0.6) is 0 Å². The molecule has 17 heteroatoms. The molecule has 3 heterocycles. The molecular weight excluding hydrogens is 495 g/mol. The molecule has 33 heavy (non-hydrogen) atoms. The minimum Gasteiger partial charge on any atom is -0.477 e. The molecule has 0 aliphatic carbocycles. The topological polar surface area (TPSA) is 196 Å². The van der Waals surface area contributed by atoms with E-state index in [1.807, 2.05) is 0 Å². The second-order valence-corrected chi connectivity index (χ2v) is 8.06. The van der Waals surface area contributed by atoms with E-state index in [0.29, 0.717) is 11.3 Å². The first-order chi connectivity index (χ1) is 15.3. The standard InChI is InChI=1S/C14H13N5O5S2.C2HF3O2/c1-2-5-3-25-12-8(11(21)19(12)9(5)13(22)23)17-10(20)7(18-24)6-4-26-14(15)16-6;3-2(4,5)1(6)7/h2,4,8,12,24H,1,3H2,(H2,15,16)(H,17,20)(H,22,23);(H,6,7)/b18-7-;/t8-,12-;/m1./s1. The van der Waals surface area contributed by atoms with E-state index in [2.05, 4.69) is 22.0 Å². The van der Waals surface area contributed by atoms with Gasteiger partial charge in [-0.2, -0.15) is 13.2 Å². The summed E-state index contributed by atoms with van der Waals surface area (Å²) in [6, 6.07) is -0.944. The van der Waals surface area contributed by atoms with Gasteiger partial charge in [0.1, 0.15) is 22.8 Å². The zero-order chi connectivity index (χ0) is 25.1. The van der Waals surface area contributed by atoms with Gasteiger partial charge in [-0.15, -0.1) is 23.1 Å². The first kappa shape index (κ1) is 25.7. The number of carbonyl (C=O) groups is 4. The Kier molecular flexibility index (Phi) is 7.70. The van der Waals surface area contributed by atoms with Gasteiger partial charge in [-0.3, -0.25) is 14.5 Å². The lowest BCUT2D eigenvalue weighted by atomic mass is 10.0. The molecule has 0 bridgehead atoms. The molecule has 2 aliphatic rings. The van der Waals surface area contributed by atoms with Crippen molar-refractivity contribution in [1.82, 2.24) is 15.2 Å². The average molecular weight is 509 g/mol. The fourth-order valence-electron chi connectivity index (χ4n) is 2.62. The fourth-order valence-corrected chi connectivity index (χ4v) is 4.51. The van der Waals surface area contributed by atoms with Crippen LogP contribution in [0.1, 0.15) is 5.69 Å². The van der Waals surface area contributed by atoms with Gasteiger partial charge in [0.25, 0.3) is 11.8 Å². The van der Waals surface area contributed by atoms with Crippen LogP contribution in [0.4, 0.5) is 18.3 Å². The Bertz CT molecular complexity index is 1070. The van der Waals surface area contributed by atoms with E-state index in [-0.39, 0.29) is 22.2 Å². The van der Waals surface area contributed by atoms with Crippen LogP contribution in [0.3, 0.4) is 0 Å². The summed E-state index contributed by atoms with van der Waals surface area (Å²) in [6.45, 7) is 3.56. The van der Waals surface area contributed by atoms with Gasteiger partial charge in [-0.05, 0) is 5.57 Å². The molecule has 0 spiro atoms. The number of aromatic nitrogens is 1. The van der Waals surface area contributed by atoms with Crippen LogP contribution in [-0.2, 0) is 19.2 Å². The third kappa shape index (κ3) is 5.43. The van der Waals surface area contributed by atoms with Crippen molar-refractivity contribution in [3.63, 3.8) is 0 Å². The third-order valence-electron chi connectivity index (χ3n) is 4.06. The van der Waals surface area contributed by atoms with Crippen LogP contribution in [0.2, 0.25) is 0 Å². The Balaban J connectivity index is 0.000000479. The van der Waals surface area contributed by atoms with E-state index >= 15 is 0 Å². The van der Waals surface area contributed by atoms with E-state index < -0.39 is 41.3 Å². The number of β-lactam (4-membered cyclic amide) rings is 1. The van der Waals surface area contributed by atoms with Crippen LogP contribution in [0.25, 0.3) is 0 Å². The summed E-state index contributed by atoms with van der Waals surface area (Å²) >= 11 is 2.37. The molecule has 0 unspecified atom stereocenters. The Labute approximate surface area is 190 Å². The van der Waals surface area contributed by atoms with Crippen molar-refractivity contribution in [3.05, 3.63) is 35.0 Å². The molecule has 12 nitrogen and oxygen atoms in total. The summed E-state index contributed by atoms with van der Waals surface area (Å²) in [7, 11) is 0. The number of thioether (sulfide) groups is 1. The Hall–Kier alpha value is -3.60. The molecule has 0 radical (unpaired) electrons. The summed E-state index contributed by atoms with van der Waals surface area (Å²) in [6.07, 6.45) is -3.69. The van der Waals surface area contributed by atoms with Gasteiger partial charge in [-0.25, -0.2) is 14.6 Å². The van der Waals surface area contributed by atoms with E-state index in [1.54, 1.807) is 0 Å². The number of rotatable bonds is 5. The SMILES string of the molecule is C=CC1=C(C(=O)O)N2C(=O)[C@@H](NC(=O)/C(=N\O)c3csc(N)n3)[C@H]2SC1.O=C(O)C(F)(F)F. The number of carbonyl (C=O) groups excluding carboxylic acids is 2. The smallest absolute Gasteiger partial charge is 0.477 e. The highest BCUT2D eigenvalue weighted by molar-refractivity contribution is 8.00. The van der Waals surface area contributed by atoms with Crippen molar-refractivity contribution >= 4 is 57.7 Å². The summed E-state index contributed by atoms with van der Waals surface area (Å²) < 4.78 is 31.7. The van der Waals surface area contributed by atoms with Crippen molar-refractivity contribution in [2.75, 3.05) is 11.5 Å². The van der Waals surface area contributed by atoms with Crippen LogP contribution in [0, 0.1) is 0 Å². The number of fused-ring (bicyclic) bond motifs is 1. The second kappa shape index (κ2) is 9.90. The number of aliphatic carboxylic acids is 2. The predicted octanol–water partition coefficient (Wildman–Crippen LogP) is 0.462. The van der Waals surface area contributed by atoms with Crippen LogP contribution in [-0.4, -0.2) is 78.1 Å². The lowest BCUT2D eigenvalue weighted by Crippen LogP contribution is -2.71. The number of nitrogens with zero attached hydrogens (tertiary/aromatic N) is 3. The first-order valence-corrected chi connectivity index (χ1v) is 10.3. The zero-order valence-corrected chi connectivity index (χ0v) is 17.7. The zero-order valence-electron chi connectivity index (χ0n) is 16.1. The summed E-state index contributed by atoms with van der Waals surface area (Å²) in [5.74, 6) is -5.03. The molecule has 1 fully saturated rings. The molecule has 178 valence electrons. The van der Waals surface area contributed by atoms with Gasteiger partial charge >= 0.3 is 18.1 Å². The highest BCUT2D eigenvalue weighted by Crippen LogP contribution is 2.40. The molecule has 0 aromatic carbocycles. The molecule has 2 amide bonds. The molecule has 6 N–H and O–H groups in total. The first-order valence-electron chi connectivity index (χ1n) is 8.41. The number of carboxylic acids is 2. The highest BCUT2D eigenvalue weighted by Gasteiger charge is 2.54. The van der Waals surface area contributed by atoms with Crippen molar-refractivity contribution in [1.29, 1.82) is 0 Å². The van der Waals surface area contributed by atoms with Gasteiger partial charge in [0.05, 0.1) is 0 Å². The van der Waals surface area contributed by atoms with Crippen molar-refractivity contribution in [2.24, 2.45) is 5.16 Å². The average Bonchev–Trinajstić information content (AvgIpc) is 3.16. The van der Waals surface area contributed by atoms with E-state index in [4.69, 9.17) is 20.8 Å². The number of nitrogen functional groups attached to an aromatic ring is 1. The number of hydrogen-bond donors (Lipinski definition) is 5. The van der Waals surface area contributed by atoms with Gasteiger partial charge in [0.2, 0.25) is 0 Å². The van der Waals surface area contributed by atoms with Crippen molar-refractivity contribution in [3.8, 4) is 0 Å². The van der Waals surface area contributed by atoms with Gasteiger partial charge < -0.3 is 26.5 Å². The maximum absolute atomic E-state index is 12.4. The lowest BCUT2D eigenvalue weighted by Gasteiger charge is -2.49. The van der Waals surface area contributed by atoms with Crippen LogP contribution >= 0.6 is 23.1 Å².